The van der Waals surface area contributed by atoms with Crippen molar-refractivity contribution in [3.63, 3.8) is 0 Å². The third-order valence-electron chi connectivity index (χ3n) is 4.00. The smallest absolute Gasteiger partial charge is 0.400 e. The molecule has 2 rings (SSSR count). The molecule has 0 aromatic carbocycles. The van der Waals surface area contributed by atoms with Crippen molar-refractivity contribution in [2.45, 2.75) is 43.1 Å². The zero-order valence-corrected chi connectivity index (χ0v) is 14.8. The molecule has 0 aliphatic carbocycles. The molecule has 9 heteroatoms. The summed E-state index contributed by atoms with van der Waals surface area (Å²) in [5.74, 6) is 0. The fourth-order valence-corrected chi connectivity index (χ4v) is 3.69. The van der Waals surface area contributed by atoms with Crippen molar-refractivity contribution >= 4 is 34.6 Å². The van der Waals surface area contributed by atoms with Gasteiger partial charge in [-0.15, -0.1) is 11.3 Å². The third-order valence-corrected chi connectivity index (χ3v) is 6.47. The first kappa shape index (κ1) is 17.6. The average Bonchev–Trinajstić information content (AvgIpc) is 2.89. The van der Waals surface area contributed by atoms with Crippen molar-refractivity contribution in [1.29, 1.82) is 0 Å². The predicted octanol–water partition coefficient (Wildman–Crippen LogP) is 1.37. The molecule has 122 valence electrons. The maximum absolute atomic E-state index is 11.3. The van der Waals surface area contributed by atoms with Gasteiger partial charge < -0.3 is 15.0 Å². The molecule has 0 bridgehead atoms. The molecule has 1 aromatic heterocycles. The molecule has 1 aliphatic heterocycles. The number of sulfonamides is 1. The van der Waals surface area contributed by atoms with Gasteiger partial charge in [0.05, 0.1) is 11.2 Å². The van der Waals surface area contributed by atoms with E-state index >= 15 is 0 Å². The van der Waals surface area contributed by atoms with Crippen molar-refractivity contribution in [2.24, 2.45) is 10.9 Å². The number of nitrogens with two attached hydrogens (primary N) is 2. The van der Waals surface area contributed by atoms with Crippen LogP contribution in [0.2, 0.25) is 0 Å². The molecular formula is C13H21BN2O4S2. The van der Waals surface area contributed by atoms with Gasteiger partial charge in [0, 0.05) is 11.4 Å². The van der Waals surface area contributed by atoms with Gasteiger partial charge in [-0.2, -0.15) is 0 Å². The van der Waals surface area contributed by atoms with Crippen molar-refractivity contribution in [3.05, 3.63) is 22.5 Å². The highest BCUT2D eigenvalue weighted by atomic mass is 32.2. The van der Waals surface area contributed by atoms with Crippen LogP contribution < -0.4 is 10.9 Å². The SMILES string of the molecule is CC1(C)OB(C(=Cc2ccc(S(N)(=O)=O)s2)CN)OC1(C)C. The van der Waals surface area contributed by atoms with E-state index in [1.165, 1.54) is 6.07 Å². The molecule has 0 unspecified atom stereocenters. The Morgan fingerprint density at radius 3 is 2.23 bits per heavy atom. The van der Waals surface area contributed by atoms with E-state index in [9.17, 15) is 8.42 Å². The van der Waals surface area contributed by atoms with E-state index < -0.39 is 28.3 Å². The number of thiophene rings is 1. The molecule has 1 aliphatic rings. The van der Waals surface area contributed by atoms with Crippen LogP contribution >= 0.6 is 11.3 Å². The van der Waals surface area contributed by atoms with Gasteiger partial charge in [-0.05, 0) is 51.4 Å². The molecular weight excluding hydrogens is 323 g/mol. The summed E-state index contributed by atoms with van der Waals surface area (Å²) in [5.41, 5.74) is 5.65. The quantitative estimate of drug-likeness (QED) is 0.803. The van der Waals surface area contributed by atoms with E-state index in [1.807, 2.05) is 27.7 Å². The lowest BCUT2D eigenvalue weighted by Crippen LogP contribution is -2.41. The molecule has 6 nitrogen and oxygen atoms in total. The van der Waals surface area contributed by atoms with E-state index in [1.54, 1.807) is 12.1 Å². The molecule has 0 radical (unpaired) electrons. The standard InChI is InChI=1S/C13H21BN2O4S2/c1-12(2)13(3,4)20-14(19-12)9(8-15)7-10-5-6-11(21-10)22(16,17)18/h5-7H,8,15H2,1-4H3,(H2,16,17,18). The van der Waals surface area contributed by atoms with E-state index in [4.69, 9.17) is 20.2 Å². The van der Waals surface area contributed by atoms with E-state index in [0.29, 0.717) is 0 Å². The topological polar surface area (TPSA) is 105 Å². The zero-order valence-electron chi connectivity index (χ0n) is 13.1. The van der Waals surface area contributed by atoms with Crippen LogP contribution in [0, 0.1) is 0 Å². The minimum atomic E-state index is -3.69. The Kier molecular flexibility index (Phi) is 4.60. The van der Waals surface area contributed by atoms with Gasteiger partial charge in [-0.25, -0.2) is 13.6 Å². The maximum Gasteiger partial charge on any atom is 0.491 e. The second-order valence-corrected chi connectivity index (χ2v) is 9.12. The molecule has 0 spiro atoms. The Bertz CT molecular complexity index is 679. The Hall–Kier alpha value is -0.705. The zero-order chi connectivity index (χ0) is 16.8. The lowest BCUT2D eigenvalue weighted by Gasteiger charge is -2.32. The van der Waals surface area contributed by atoms with Crippen LogP contribution in [0.15, 0.2) is 21.8 Å². The Balaban J connectivity index is 2.28. The van der Waals surface area contributed by atoms with Crippen molar-refractivity contribution in [3.8, 4) is 0 Å². The van der Waals surface area contributed by atoms with Crippen LogP contribution in [-0.2, 0) is 19.3 Å². The van der Waals surface area contributed by atoms with Gasteiger partial charge in [0.25, 0.3) is 0 Å². The third kappa shape index (κ3) is 3.45. The Morgan fingerprint density at radius 1 is 1.27 bits per heavy atom. The molecule has 4 N–H and O–H groups in total. The molecule has 1 aromatic rings. The first-order valence-corrected chi connectivity index (χ1v) is 9.21. The van der Waals surface area contributed by atoms with Gasteiger partial charge in [0.1, 0.15) is 4.21 Å². The Labute approximate surface area is 135 Å². The van der Waals surface area contributed by atoms with Gasteiger partial charge in [0.15, 0.2) is 0 Å². The first-order chi connectivity index (χ1) is 9.96. The molecule has 0 saturated carbocycles. The highest BCUT2D eigenvalue weighted by Crippen LogP contribution is 2.38. The van der Waals surface area contributed by atoms with Crippen LogP contribution in [0.3, 0.4) is 0 Å². The summed E-state index contributed by atoms with van der Waals surface area (Å²) in [5, 5.41) is 5.11. The number of hydrogen-bond donors (Lipinski definition) is 2. The summed E-state index contributed by atoms with van der Waals surface area (Å²) in [6.45, 7) is 8.10. The Morgan fingerprint density at radius 2 is 1.82 bits per heavy atom. The summed E-state index contributed by atoms with van der Waals surface area (Å²) in [7, 11) is -4.23. The lowest BCUT2D eigenvalue weighted by atomic mass is 9.77. The normalized spacial score (nSPS) is 21.4. The molecule has 1 fully saturated rings. The summed E-state index contributed by atoms with van der Waals surface area (Å²) in [6, 6.07) is 3.16. The lowest BCUT2D eigenvalue weighted by molar-refractivity contribution is 0.00578. The fraction of sp³-hybridized carbons (Fsp3) is 0.538. The number of hydrogen-bond acceptors (Lipinski definition) is 6. The van der Waals surface area contributed by atoms with Gasteiger partial charge in [0.2, 0.25) is 10.0 Å². The minimum Gasteiger partial charge on any atom is -0.400 e. The summed E-state index contributed by atoms with van der Waals surface area (Å²) in [4.78, 5) is 0.735. The fourth-order valence-electron chi connectivity index (χ4n) is 1.97. The van der Waals surface area contributed by atoms with Crippen LogP contribution in [0.25, 0.3) is 6.08 Å². The summed E-state index contributed by atoms with van der Waals surface area (Å²) < 4.78 is 34.7. The highest BCUT2D eigenvalue weighted by Gasteiger charge is 2.52. The maximum atomic E-state index is 11.3. The van der Waals surface area contributed by atoms with E-state index in [0.717, 1.165) is 21.7 Å². The molecule has 1 saturated heterocycles. The van der Waals surface area contributed by atoms with E-state index in [-0.39, 0.29) is 10.8 Å². The molecule has 0 atom stereocenters. The predicted molar refractivity (Wildman–Crippen MR) is 88.8 cm³/mol. The number of rotatable bonds is 4. The minimum absolute atomic E-state index is 0.115. The molecule has 0 amide bonds. The van der Waals surface area contributed by atoms with Crippen LogP contribution in [0.5, 0.6) is 0 Å². The van der Waals surface area contributed by atoms with Crippen molar-refractivity contribution in [2.75, 3.05) is 6.54 Å². The second kappa shape index (κ2) is 5.74. The van der Waals surface area contributed by atoms with E-state index in [2.05, 4.69) is 0 Å². The first-order valence-electron chi connectivity index (χ1n) is 6.85. The van der Waals surface area contributed by atoms with Gasteiger partial charge in [-0.1, -0.05) is 0 Å². The molecule has 2 heterocycles. The highest BCUT2D eigenvalue weighted by molar-refractivity contribution is 7.91. The summed E-state index contributed by atoms with van der Waals surface area (Å²) >= 11 is 1.09. The van der Waals surface area contributed by atoms with Crippen LogP contribution in [0.1, 0.15) is 32.6 Å². The van der Waals surface area contributed by atoms with Gasteiger partial charge >= 0.3 is 7.12 Å². The second-order valence-electron chi connectivity index (χ2n) is 6.21. The van der Waals surface area contributed by atoms with Crippen LogP contribution in [-0.4, -0.2) is 33.3 Å². The van der Waals surface area contributed by atoms with Gasteiger partial charge in [-0.3, -0.25) is 0 Å². The average molecular weight is 344 g/mol. The number of primary sulfonamides is 1. The summed E-state index contributed by atoms with van der Waals surface area (Å²) in [6.07, 6.45) is 1.79. The largest absolute Gasteiger partial charge is 0.491 e. The monoisotopic (exact) mass is 344 g/mol. The van der Waals surface area contributed by atoms with Crippen molar-refractivity contribution < 1.29 is 17.7 Å². The molecule has 22 heavy (non-hydrogen) atoms. The van der Waals surface area contributed by atoms with Crippen molar-refractivity contribution in [1.82, 2.24) is 0 Å². The van der Waals surface area contributed by atoms with Crippen LogP contribution in [0.4, 0.5) is 0 Å².